The van der Waals surface area contributed by atoms with Gasteiger partial charge in [0.05, 0.1) is 24.9 Å². The fraction of sp³-hybridized carbons (Fsp3) is 0.333. The van der Waals surface area contributed by atoms with Crippen molar-refractivity contribution in [2.24, 2.45) is 4.99 Å². The summed E-state index contributed by atoms with van der Waals surface area (Å²) < 4.78 is 10.6. The highest BCUT2D eigenvalue weighted by molar-refractivity contribution is 6.33. The zero-order valence-electron chi connectivity index (χ0n) is 17.1. The summed E-state index contributed by atoms with van der Waals surface area (Å²) in [6.45, 7) is 2.88. The van der Waals surface area contributed by atoms with Crippen LogP contribution in [0, 0.1) is 6.92 Å². The van der Waals surface area contributed by atoms with E-state index in [1.54, 1.807) is 27.3 Å². The molecule has 0 aliphatic heterocycles. The lowest BCUT2D eigenvalue weighted by Gasteiger charge is -2.14. The zero-order chi connectivity index (χ0) is 21.2. The highest BCUT2D eigenvalue weighted by atomic mass is 35.5. The lowest BCUT2D eigenvalue weighted by atomic mass is 10.2. The van der Waals surface area contributed by atoms with Crippen molar-refractivity contribution in [3.63, 3.8) is 0 Å². The van der Waals surface area contributed by atoms with Gasteiger partial charge in [-0.25, -0.2) is 0 Å². The Hall–Kier alpha value is -2.93. The van der Waals surface area contributed by atoms with E-state index in [2.05, 4.69) is 20.9 Å². The molecule has 29 heavy (non-hydrogen) atoms. The summed E-state index contributed by atoms with van der Waals surface area (Å²) in [6, 6.07) is 11.1. The molecule has 0 atom stereocenters. The Bertz CT molecular complexity index is 871. The van der Waals surface area contributed by atoms with Crippen LogP contribution in [0.25, 0.3) is 0 Å². The predicted molar refractivity (Wildman–Crippen MR) is 117 cm³/mol. The van der Waals surface area contributed by atoms with E-state index < -0.39 is 0 Å². The van der Waals surface area contributed by atoms with Gasteiger partial charge in [-0.05, 0) is 36.8 Å². The van der Waals surface area contributed by atoms with Crippen LogP contribution in [-0.4, -0.2) is 39.7 Å². The van der Waals surface area contributed by atoms with Crippen LogP contribution in [0.1, 0.15) is 17.5 Å². The number of anilines is 1. The molecule has 0 aliphatic carbocycles. The number of methoxy groups -OCH3 is 2. The molecule has 0 bridgehead atoms. The molecule has 3 N–H and O–H groups in total. The standard InChI is InChI=1S/C21H27ClN4O3/c1-14-5-8-18(17(22)11-14)26-20(27)9-10-24-21(23-2)25-13-15-6-7-16(28-3)12-19(15)29-4/h5-8,11-12H,9-10,13H2,1-4H3,(H,26,27)(H2,23,24,25). The molecule has 0 saturated heterocycles. The number of nitrogens with one attached hydrogen (secondary N) is 3. The Balaban J connectivity index is 1.81. The summed E-state index contributed by atoms with van der Waals surface area (Å²) in [4.78, 5) is 16.3. The molecule has 0 aromatic heterocycles. The first-order valence-electron chi connectivity index (χ1n) is 9.18. The fourth-order valence-corrected chi connectivity index (χ4v) is 2.91. The monoisotopic (exact) mass is 418 g/mol. The zero-order valence-corrected chi connectivity index (χ0v) is 17.9. The molecule has 2 aromatic carbocycles. The van der Waals surface area contributed by atoms with E-state index in [1.165, 1.54) is 0 Å². The van der Waals surface area contributed by atoms with Crippen LogP contribution in [-0.2, 0) is 11.3 Å². The number of aliphatic imine (C=N–C) groups is 1. The number of nitrogens with zero attached hydrogens (tertiary/aromatic N) is 1. The van der Waals surface area contributed by atoms with E-state index in [1.807, 2.05) is 37.3 Å². The van der Waals surface area contributed by atoms with E-state index in [-0.39, 0.29) is 12.3 Å². The topological polar surface area (TPSA) is 84.0 Å². The molecule has 0 heterocycles. The van der Waals surface area contributed by atoms with Crippen LogP contribution in [0.2, 0.25) is 5.02 Å². The maximum atomic E-state index is 12.1. The van der Waals surface area contributed by atoms with Crippen LogP contribution in [0.15, 0.2) is 41.4 Å². The summed E-state index contributed by atoms with van der Waals surface area (Å²) in [7, 11) is 4.90. The Morgan fingerprint density at radius 3 is 2.55 bits per heavy atom. The second kappa shape index (κ2) is 11.2. The van der Waals surface area contributed by atoms with E-state index in [4.69, 9.17) is 21.1 Å². The average Bonchev–Trinajstić information content (AvgIpc) is 2.72. The molecule has 2 aromatic rings. The molecule has 0 spiro atoms. The second-order valence-corrected chi connectivity index (χ2v) is 6.72. The number of amides is 1. The van der Waals surface area contributed by atoms with Crippen molar-refractivity contribution in [1.29, 1.82) is 0 Å². The first kappa shape index (κ1) is 22.4. The summed E-state index contributed by atoms with van der Waals surface area (Å²) >= 11 is 6.15. The lowest BCUT2D eigenvalue weighted by molar-refractivity contribution is -0.116. The van der Waals surface area contributed by atoms with Crippen LogP contribution < -0.4 is 25.4 Å². The third-order valence-corrected chi connectivity index (χ3v) is 4.52. The molecule has 2 rings (SSSR count). The number of hydrogen-bond donors (Lipinski definition) is 3. The molecular weight excluding hydrogens is 392 g/mol. The maximum Gasteiger partial charge on any atom is 0.226 e. The van der Waals surface area contributed by atoms with Crippen molar-refractivity contribution in [2.75, 3.05) is 33.1 Å². The number of carbonyl (C=O) groups excluding carboxylic acids is 1. The molecule has 0 radical (unpaired) electrons. The number of guanidine groups is 1. The molecule has 8 heteroatoms. The highest BCUT2D eigenvalue weighted by Crippen LogP contribution is 2.24. The molecule has 7 nitrogen and oxygen atoms in total. The van der Waals surface area contributed by atoms with Crippen LogP contribution in [0.3, 0.4) is 0 Å². The van der Waals surface area contributed by atoms with Crippen molar-refractivity contribution in [1.82, 2.24) is 10.6 Å². The van der Waals surface area contributed by atoms with Gasteiger partial charge < -0.3 is 25.4 Å². The van der Waals surface area contributed by atoms with E-state index in [0.717, 1.165) is 22.6 Å². The van der Waals surface area contributed by atoms with Crippen LogP contribution in [0.5, 0.6) is 11.5 Å². The van der Waals surface area contributed by atoms with Crippen molar-refractivity contribution < 1.29 is 14.3 Å². The fourth-order valence-electron chi connectivity index (χ4n) is 2.63. The number of aryl methyl sites for hydroxylation is 1. The van der Waals surface area contributed by atoms with E-state index in [9.17, 15) is 4.79 Å². The van der Waals surface area contributed by atoms with Gasteiger partial charge >= 0.3 is 0 Å². The third-order valence-electron chi connectivity index (χ3n) is 4.21. The normalized spacial score (nSPS) is 11.0. The molecule has 0 saturated carbocycles. The van der Waals surface area contributed by atoms with Crippen molar-refractivity contribution in [3.8, 4) is 11.5 Å². The Labute approximate surface area is 176 Å². The van der Waals surface area contributed by atoms with Gasteiger partial charge in [0.1, 0.15) is 11.5 Å². The molecule has 0 fully saturated rings. The number of ether oxygens (including phenoxy) is 2. The average molecular weight is 419 g/mol. The molecule has 156 valence electrons. The van der Waals surface area contributed by atoms with Crippen LogP contribution >= 0.6 is 11.6 Å². The number of halogens is 1. The van der Waals surface area contributed by atoms with Gasteiger partial charge in [0.2, 0.25) is 5.91 Å². The molecule has 0 unspecified atom stereocenters. The predicted octanol–water partition coefficient (Wildman–Crippen LogP) is 3.36. The minimum absolute atomic E-state index is 0.129. The van der Waals surface area contributed by atoms with Gasteiger partial charge in [-0.15, -0.1) is 0 Å². The molecule has 0 aliphatic rings. The summed E-state index contributed by atoms with van der Waals surface area (Å²) in [5.74, 6) is 1.91. The number of benzene rings is 2. The maximum absolute atomic E-state index is 12.1. The molecule has 1 amide bonds. The SMILES string of the molecule is CN=C(NCCC(=O)Nc1ccc(C)cc1Cl)NCc1ccc(OC)cc1OC. The number of hydrogen-bond acceptors (Lipinski definition) is 4. The van der Waals surface area contributed by atoms with Gasteiger partial charge in [0, 0.05) is 38.2 Å². The van der Waals surface area contributed by atoms with Gasteiger partial charge in [-0.1, -0.05) is 17.7 Å². The number of carbonyl (C=O) groups is 1. The van der Waals surface area contributed by atoms with Gasteiger partial charge in [-0.3, -0.25) is 9.79 Å². The minimum atomic E-state index is -0.129. The van der Waals surface area contributed by atoms with E-state index >= 15 is 0 Å². The molecular formula is C21H27ClN4O3. The minimum Gasteiger partial charge on any atom is -0.497 e. The quantitative estimate of drug-likeness (QED) is 0.452. The summed E-state index contributed by atoms with van der Waals surface area (Å²) in [5, 5.41) is 9.66. The third kappa shape index (κ3) is 6.87. The summed E-state index contributed by atoms with van der Waals surface area (Å²) in [5.41, 5.74) is 2.61. The van der Waals surface area contributed by atoms with Gasteiger partial charge in [0.25, 0.3) is 0 Å². The Morgan fingerprint density at radius 1 is 1.10 bits per heavy atom. The summed E-state index contributed by atoms with van der Waals surface area (Å²) in [6.07, 6.45) is 0.275. The largest absolute Gasteiger partial charge is 0.497 e. The van der Waals surface area contributed by atoms with Gasteiger partial charge in [-0.2, -0.15) is 0 Å². The van der Waals surface area contributed by atoms with Gasteiger partial charge in [0.15, 0.2) is 5.96 Å². The van der Waals surface area contributed by atoms with Crippen molar-refractivity contribution in [3.05, 3.63) is 52.5 Å². The van der Waals surface area contributed by atoms with Crippen molar-refractivity contribution >= 4 is 29.2 Å². The first-order valence-corrected chi connectivity index (χ1v) is 9.56. The van der Waals surface area contributed by atoms with E-state index in [0.29, 0.717) is 29.8 Å². The smallest absolute Gasteiger partial charge is 0.226 e. The number of rotatable bonds is 8. The van der Waals surface area contributed by atoms with Crippen LogP contribution in [0.4, 0.5) is 5.69 Å². The lowest BCUT2D eigenvalue weighted by Crippen LogP contribution is -2.38. The first-order chi connectivity index (χ1) is 14.0. The Morgan fingerprint density at radius 2 is 1.90 bits per heavy atom. The highest BCUT2D eigenvalue weighted by Gasteiger charge is 2.08. The Kier molecular flexibility index (Phi) is 8.61. The second-order valence-electron chi connectivity index (χ2n) is 6.31. The van der Waals surface area contributed by atoms with Crippen molar-refractivity contribution in [2.45, 2.75) is 19.9 Å².